The Morgan fingerprint density at radius 2 is 2.25 bits per heavy atom. The highest BCUT2D eigenvalue weighted by Crippen LogP contribution is 2.14. The first-order valence-corrected chi connectivity index (χ1v) is 6.12. The molecule has 0 spiro atoms. The molecule has 0 fully saturated rings. The molecular weight excluding hydrogens is 228 g/mol. The highest BCUT2D eigenvalue weighted by atomic mass is 32.2. The molecule has 0 bridgehead atoms. The maximum atomic E-state index is 11.8. The van der Waals surface area contributed by atoms with E-state index < -0.39 is 10.0 Å². The van der Waals surface area contributed by atoms with Crippen LogP contribution in [0.25, 0.3) is 0 Å². The predicted molar refractivity (Wildman–Crippen MR) is 59.5 cm³/mol. The molecule has 0 amide bonds. The molecule has 2 N–H and O–H groups in total. The highest BCUT2D eigenvalue weighted by molar-refractivity contribution is 7.92. The lowest BCUT2D eigenvalue weighted by atomic mass is 10.5. The number of hydrogen-bond acceptors (Lipinski definition) is 3. The predicted octanol–water partition coefficient (Wildman–Crippen LogP) is 0.857. The third-order valence-corrected chi connectivity index (χ3v) is 3.40. The number of anilines is 1. The SMILES string of the molecule is Cc1cc(NS(=O)(=O)c2ccn(C)c2)n[nH]1. The van der Waals surface area contributed by atoms with Gasteiger partial charge >= 0.3 is 0 Å². The van der Waals surface area contributed by atoms with Crippen molar-refractivity contribution >= 4 is 15.8 Å². The number of aromatic amines is 1. The monoisotopic (exact) mass is 240 g/mol. The van der Waals surface area contributed by atoms with E-state index in [0.29, 0.717) is 5.82 Å². The van der Waals surface area contributed by atoms with Gasteiger partial charge in [-0.15, -0.1) is 0 Å². The summed E-state index contributed by atoms with van der Waals surface area (Å²) in [6.07, 6.45) is 3.20. The van der Waals surface area contributed by atoms with Gasteiger partial charge in [-0.25, -0.2) is 8.42 Å². The van der Waals surface area contributed by atoms with E-state index in [1.165, 1.54) is 12.3 Å². The van der Waals surface area contributed by atoms with Crippen LogP contribution in [0, 0.1) is 6.92 Å². The van der Waals surface area contributed by atoms with Gasteiger partial charge in [0.2, 0.25) is 0 Å². The first-order chi connectivity index (χ1) is 7.47. The molecule has 2 rings (SSSR count). The number of nitrogens with zero attached hydrogens (tertiary/aromatic N) is 2. The van der Waals surface area contributed by atoms with E-state index in [-0.39, 0.29) is 4.90 Å². The lowest BCUT2D eigenvalue weighted by Crippen LogP contribution is -2.12. The molecule has 0 aliphatic rings. The van der Waals surface area contributed by atoms with E-state index in [2.05, 4.69) is 14.9 Å². The summed E-state index contributed by atoms with van der Waals surface area (Å²) in [5.74, 6) is 0.293. The smallest absolute Gasteiger partial charge is 0.264 e. The van der Waals surface area contributed by atoms with Crippen LogP contribution in [0.5, 0.6) is 0 Å². The largest absolute Gasteiger partial charge is 0.356 e. The molecule has 0 aromatic carbocycles. The number of hydrogen-bond donors (Lipinski definition) is 2. The Morgan fingerprint density at radius 3 is 2.75 bits per heavy atom. The van der Waals surface area contributed by atoms with Crippen molar-refractivity contribution in [3.05, 3.63) is 30.2 Å². The average molecular weight is 240 g/mol. The fourth-order valence-corrected chi connectivity index (χ4v) is 2.35. The van der Waals surface area contributed by atoms with Crippen molar-refractivity contribution in [3.63, 3.8) is 0 Å². The molecule has 0 saturated heterocycles. The van der Waals surface area contributed by atoms with Crippen LogP contribution >= 0.6 is 0 Å². The van der Waals surface area contributed by atoms with Crippen molar-refractivity contribution in [1.82, 2.24) is 14.8 Å². The van der Waals surface area contributed by atoms with Crippen LogP contribution in [0.3, 0.4) is 0 Å². The number of nitrogens with one attached hydrogen (secondary N) is 2. The fraction of sp³-hybridized carbons (Fsp3) is 0.222. The Balaban J connectivity index is 2.27. The van der Waals surface area contributed by atoms with E-state index in [4.69, 9.17) is 0 Å². The lowest BCUT2D eigenvalue weighted by Gasteiger charge is -2.01. The first-order valence-electron chi connectivity index (χ1n) is 4.64. The molecular formula is C9H12N4O2S. The van der Waals surface area contributed by atoms with Crippen molar-refractivity contribution < 1.29 is 8.42 Å². The van der Waals surface area contributed by atoms with Crippen LogP contribution in [-0.4, -0.2) is 23.2 Å². The van der Waals surface area contributed by atoms with E-state index in [9.17, 15) is 8.42 Å². The maximum absolute atomic E-state index is 11.8. The first kappa shape index (κ1) is 10.7. The minimum absolute atomic E-state index is 0.218. The molecule has 0 unspecified atom stereocenters. The molecule has 2 heterocycles. The van der Waals surface area contributed by atoms with Gasteiger partial charge in [0.15, 0.2) is 5.82 Å². The van der Waals surface area contributed by atoms with Gasteiger partial charge < -0.3 is 4.57 Å². The Bertz CT molecular complexity index is 597. The van der Waals surface area contributed by atoms with Gasteiger partial charge in [0.1, 0.15) is 4.90 Å². The fourth-order valence-electron chi connectivity index (χ4n) is 1.30. The maximum Gasteiger partial charge on any atom is 0.264 e. The number of sulfonamides is 1. The van der Waals surface area contributed by atoms with Crippen molar-refractivity contribution in [2.45, 2.75) is 11.8 Å². The summed E-state index contributed by atoms with van der Waals surface area (Å²) < 4.78 is 27.7. The van der Waals surface area contributed by atoms with Crippen molar-refractivity contribution in [2.75, 3.05) is 4.72 Å². The normalized spacial score (nSPS) is 11.6. The molecule has 6 nitrogen and oxygen atoms in total. The van der Waals surface area contributed by atoms with Gasteiger partial charge in [-0.05, 0) is 13.0 Å². The van der Waals surface area contributed by atoms with Gasteiger partial charge in [0.05, 0.1) is 0 Å². The van der Waals surface area contributed by atoms with Crippen LogP contribution in [0.4, 0.5) is 5.82 Å². The van der Waals surface area contributed by atoms with Gasteiger partial charge in [-0.2, -0.15) is 5.10 Å². The zero-order valence-electron chi connectivity index (χ0n) is 8.93. The molecule has 0 aliphatic heterocycles. The molecule has 0 radical (unpaired) electrons. The molecule has 2 aromatic heterocycles. The molecule has 0 saturated carbocycles. The highest BCUT2D eigenvalue weighted by Gasteiger charge is 2.16. The van der Waals surface area contributed by atoms with Gasteiger partial charge in [-0.3, -0.25) is 9.82 Å². The van der Waals surface area contributed by atoms with Crippen molar-refractivity contribution in [2.24, 2.45) is 7.05 Å². The Hall–Kier alpha value is -1.76. The van der Waals surface area contributed by atoms with E-state index in [1.54, 1.807) is 30.8 Å². The molecule has 16 heavy (non-hydrogen) atoms. The summed E-state index contributed by atoms with van der Waals surface area (Å²) in [7, 11) is -1.77. The van der Waals surface area contributed by atoms with Crippen LogP contribution in [0.1, 0.15) is 5.69 Å². The number of rotatable bonds is 3. The second-order valence-corrected chi connectivity index (χ2v) is 5.24. The topological polar surface area (TPSA) is 79.8 Å². The van der Waals surface area contributed by atoms with Crippen LogP contribution < -0.4 is 4.72 Å². The molecule has 2 aromatic rings. The Labute approximate surface area is 93.3 Å². The van der Waals surface area contributed by atoms with Gasteiger partial charge in [0, 0.05) is 31.2 Å². The average Bonchev–Trinajstić information content (AvgIpc) is 2.75. The van der Waals surface area contributed by atoms with Crippen molar-refractivity contribution in [1.29, 1.82) is 0 Å². The van der Waals surface area contributed by atoms with E-state index in [1.807, 2.05) is 0 Å². The quantitative estimate of drug-likeness (QED) is 0.835. The molecule has 7 heteroatoms. The summed E-state index contributed by atoms with van der Waals surface area (Å²) in [5, 5.41) is 6.48. The second kappa shape index (κ2) is 3.67. The number of aromatic nitrogens is 3. The van der Waals surface area contributed by atoms with Crippen LogP contribution in [-0.2, 0) is 17.1 Å². The Kier molecular flexibility index (Phi) is 2.47. The molecule has 0 atom stereocenters. The molecule has 0 aliphatic carbocycles. The standard InChI is InChI=1S/C9H12N4O2S/c1-7-5-9(11-10-7)12-16(14,15)8-3-4-13(2)6-8/h3-6H,1-2H3,(H2,10,11,12). The zero-order valence-corrected chi connectivity index (χ0v) is 9.75. The van der Waals surface area contributed by atoms with Crippen molar-refractivity contribution in [3.8, 4) is 0 Å². The summed E-state index contributed by atoms with van der Waals surface area (Å²) >= 11 is 0. The van der Waals surface area contributed by atoms with Crippen LogP contribution in [0.15, 0.2) is 29.4 Å². The van der Waals surface area contributed by atoms with Gasteiger partial charge in [0.25, 0.3) is 10.0 Å². The molecule has 86 valence electrons. The van der Waals surface area contributed by atoms with E-state index >= 15 is 0 Å². The zero-order chi connectivity index (χ0) is 11.8. The van der Waals surface area contributed by atoms with E-state index in [0.717, 1.165) is 5.69 Å². The summed E-state index contributed by atoms with van der Waals surface area (Å²) in [4.78, 5) is 0.218. The third-order valence-electron chi connectivity index (χ3n) is 2.06. The Morgan fingerprint density at radius 1 is 1.50 bits per heavy atom. The minimum Gasteiger partial charge on any atom is -0.356 e. The number of H-pyrrole nitrogens is 1. The van der Waals surface area contributed by atoms with Crippen LogP contribution in [0.2, 0.25) is 0 Å². The summed E-state index contributed by atoms with van der Waals surface area (Å²) in [6, 6.07) is 3.16. The number of aryl methyl sites for hydroxylation is 2. The summed E-state index contributed by atoms with van der Waals surface area (Å²) in [5.41, 5.74) is 0.797. The minimum atomic E-state index is -3.53. The van der Waals surface area contributed by atoms with Gasteiger partial charge in [-0.1, -0.05) is 0 Å². The summed E-state index contributed by atoms with van der Waals surface area (Å²) in [6.45, 7) is 1.80. The lowest BCUT2D eigenvalue weighted by molar-refractivity contribution is 0.601. The third kappa shape index (κ3) is 2.08. The second-order valence-electron chi connectivity index (χ2n) is 3.55.